The van der Waals surface area contributed by atoms with Gasteiger partial charge >= 0.3 is 0 Å². The van der Waals surface area contributed by atoms with Crippen LogP contribution in [0.15, 0.2) is 24.5 Å². The minimum Gasteiger partial charge on any atom is -0.391 e. The Balaban J connectivity index is 2.12. The number of pyridine rings is 1. The molecule has 0 unspecified atom stereocenters. The molecule has 0 fully saturated rings. The quantitative estimate of drug-likeness (QED) is 0.874. The number of aliphatic hydroxyl groups excluding tert-OH is 1. The molecule has 0 aromatic carbocycles. The van der Waals surface area contributed by atoms with Crippen molar-refractivity contribution in [2.24, 2.45) is 0 Å². The molecular formula is C13H17N3O2S. The lowest BCUT2D eigenvalue weighted by atomic mass is 10.2. The van der Waals surface area contributed by atoms with Gasteiger partial charge in [-0.25, -0.2) is 4.98 Å². The van der Waals surface area contributed by atoms with E-state index in [1.165, 1.54) is 16.9 Å². The Bertz CT molecular complexity index is 516. The lowest BCUT2D eigenvalue weighted by Gasteiger charge is -2.15. The van der Waals surface area contributed by atoms with Crippen molar-refractivity contribution >= 4 is 16.5 Å². The highest BCUT2D eigenvalue weighted by molar-refractivity contribution is 7.15. The van der Waals surface area contributed by atoms with Gasteiger partial charge in [0, 0.05) is 33.1 Å². The second-order valence-corrected chi connectivity index (χ2v) is 5.23. The summed E-state index contributed by atoms with van der Waals surface area (Å²) in [6.45, 7) is 1.18. The summed E-state index contributed by atoms with van der Waals surface area (Å²) in [7, 11) is 3.61. The van der Waals surface area contributed by atoms with Crippen LogP contribution in [-0.4, -0.2) is 29.2 Å². The Kier molecular flexibility index (Phi) is 4.84. The maximum Gasteiger partial charge on any atom is 0.185 e. The molecule has 102 valence electrons. The van der Waals surface area contributed by atoms with E-state index in [2.05, 4.69) is 14.9 Å². The van der Waals surface area contributed by atoms with Gasteiger partial charge in [-0.05, 0) is 17.7 Å². The summed E-state index contributed by atoms with van der Waals surface area (Å²) < 4.78 is 5.09. The zero-order chi connectivity index (χ0) is 13.7. The highest BCUT2D eigenvalue weighted by Gasteiger charge is 2.13. The smallest absolute Gasteiger partial charge is 0.185 e. The standard InChI is InChI=1S/C13H17N3O2S/c1-16(7-10-3-5-14-6-4-10)13-15-11(9-18-2)12(8-17)19-13/h3-6,17H,7-9H2,1-2H3. The van der Waals surface area contributed by atoms with E-state index in [0.717, 1.165) is 22.2 Å². The van der Waals surface area contributed by atoms with Crippen LogP contribution in [-0.2, 0) is 24.5 Å². The van der Waals surface area contributed by atoms with Crippen LogP contribution >= 0.6 is 11.3 Å². The van der Waals surface area contributed by atoms with Crippen molar-refractivity contribution in [3.05, 3.63) is 40.7 Å². The molecular weight excluding hydrogens is 262 g/mol. The van der Waals surface area contributed by atoms with Gasteiger partial charge in [0.15, 0.2) is 5.13 Å². The maximum absolute atomic E-state index is 9.32. The minimum atomic E-state index is -0.000539. The van der Waals surface area contributed by atoms with Gasteiger partial charge in [-0.3, -0.25) is 4.98 Å². The van der Waals surface area contributed by atoms with Crippen molar-refractivity contribution in [2.75, 3.05) is 19.1 Å². The van der Waals surface area contributed by atoms with Gasteiger partial charge in [0.2, 0.25) is 0 Å². The number of hydrogen-bond donors (Lipinski definition) is 1. The summed E-state index contributed by atoms with van der Waals surface area (Å²) in [5, 5.41) is 10.2. The van der Waals surface area contributed by atoms with Crippen LogP contribution in [0.1, 0.15) is 16.1 Å². The van der Waals surface area contributed by atoms with E-state index in [9.17, 15) is 5.11 Å². The normalized spacial score (nSPS) is 10.7. The van der Waals surface area contributed by atoms with Crippen molar-refractivity contribution in [1.82, 2.24) is 9.97 Å². The molecule has 2 aromatic heterocycles. The number of methoxy groups -OCH3 is 1. The summed E-state index contributed by atoms with van der Waals surface area (Å²) >= 11 is 1.50. The molecule has 19 heavy (non-hydrogen) atoms. The van der Waals surface area contributed by atoms with E-state index in [1.54, 1.807) is 19.5 Å². The third-order valence-electron chi connectivity index (χ3n) is 2.69. The molecule has 2 rings (SSSR count). The molecule has 2 heterocycles. The molecule has 0 spiro atoms. The van der Waals surface area contributed by atoms with E-state index >= 15 is 0 Å². The summed E-state index contributed by atoms with van der Waals surface area (Å²) in [4.78, 5) is 11.4. The zero-order valence-electron chi connectivity index (χ0n) is 11.0. The lowest BCUT2D eigenvalue weighted by Crippen LogP contribution is -2.16. The van der Waals surface area contributed by atoms with E-state index in [0.29, 0.717) is 6.61 Å². The second kappa shape index (κ2) is 6.60. The fourth-order valence-electron chi connectivity index (χ4n) is 1.74. The molecule has 0 saturated carbocycles. The SMILES string of the molecule is COCc1nc(N(C)Cc2ccncc2)sc1CO. The van der Waals surface area contributed by atoms with Gasteiger partial charge in [-0.2, -0.15) is 0 Å². The molecule has 1 N–H and O–H groups in total. The average molecular weight is 279 g/mol. The Morgan fingerprint density at radius 2 is 2.11 bits per heavy atom. The van der Waals surface area contributed by atoms with Crippen molar-refractivity contribution in [3.63, 3.8) is 0 Å². The molecule has 0 aliphatic heterocycles. The topological polar surface area (TPSA) is 58.5 Å². The highest BCUT2D eigenvalue weighted by Crippen LogP contribution is 2.27. The number of anilines is 1. The number of hydrogen-bond acceptors (Lipinski definition) is 6. The van der Waals surface area contributed by atoms with E-state index in [-0.39, 0.29) is 6.61 Å². The number of nitrogens with zero attached hydrogens (tertiary/aromatic N) is 3. The predicted molar refractivity (Wildman–Crippen MR) is 75.1 cm³/mol. The number of ether oxygens (including phenoxy) is 1. The molecule has 0 aliphatic carbocycles. The van der Waals surface area contributed by atoms with Gasteiger partial charge in [0.05, 0.1) is 23.8 Å². The molecule has 0 saturated heterocycles. The fourth-order valence-corrected chi connectivity index (χ4v) is 2.62. The van der Waals surface area contributed by atoms with Crippen LogP contribution in [0.2, 0.25) is 0 Å². The maximum atomic E-state index is 9.32. The van der Waals surface area contributed by atoms with Crippen LogP contribution in [0.4, 0.5) is 5.13 Å². The van der Waals surface area contributed by atoms with Gasteiger partial charge in [-0.1, -0.05) is 11.3 Å². The van der Waals surface area contributed by atoms with Crippen LogP contribution < -0.4 is 4.90 Å². The fraction of sp³-hybridized carbons (Fsp3) is 0.385. The zero-order valence-corrected chi connectivity index (χ0v) is 11.9. The first-order valence-electron chi connectivity index (χ1n) is 5.93. The molecule has 6 heteroatoms. The Morgan fingerprint density at radius 1 is 1.37 bits per heavy atom. The number of aliphatic hydroxyl groups is 1. The van der Waals surface area contributed by atoms with E-state index < -0.39 is 0 Å². The Hall–Kier alpha value is -1.50. The van der Waals surface area contributed by atoms with Crippen molar-refractivity contribution in [2.45, 2.75) is 19.8 Å². The predicted octanol–water partition coefficient (Wildman–Crippen LogP) is 1.81. The number of aromatic nitrogens is 2. The molecule has 0 amide bonds. The van der Waals surface area contributed by atoms with Crippen molar-refractivity contribution in [1.29, 1.82) is 0 Å². The molecule has 0 radical (unpaired) electrons. The summed E-state index contributed by atoms with van der Waals surface area (Å²) in [5.41, 5.74) is 1.98. The number of thiazole rings is 1. The van der Waals surface area contributed by atoms with Crippen LogP contribution in [0, 0.1) is 0 Å². The van der Waals surface area contributed by atoms with Gasteiger partial charge in [-0.15, -0.1) is 0 Å². The Labute approximate surface area is 116 Å². The highest BCUT2D eigenvalue weighted by atomic mass is 32.1. The molecule has 2 aromatic rings. The largest absolute Gasteiger partial charge is 0.391 e. The summed E-state index contributed by atoms with van der Waals surface area (Å²) in [6, 6.07) is 3.96. The first-order chi connectivity index (χ1) is 9.24. The third-order valence-corrected chi connectivity index (χ3v) is 3.88. The van der Waals surface area contributed by atoms with Crippen LogP contribution in [0.25, 0.3) is 0 Å². The van der Waals surface area contributed by atoms with Gasteiger partial charge in [0.25, 0.3) is 0 Å². The Morgan fingerprint density at radius 3 is 2.74 bits per heavy atom. The molecule has 0 bridgehead atoms. The first-order valence-corrected chi connectivity index (χ1v) is 6.74. The van der Waals surface area contributed by atoms with E-state index in [4.69, 9.17) is 4.74 Å². The summed E-state index contributed by atoms with van der Waals surface area (Å²) in [6.07, 6.45) is 3.56. The van der Waals surface area contributed by atoms with Gasteiger partial charge < -0.3 is 14.7 Å². The van der Waals surface area contributed by atoms with Crippen molar-refractivity contribution < 1.29 is 9.84 Å². The average Bonchev–Trinajstić information content (AvgIpc) is 2.83. The van der Waals surface area contributed by atoms with E-state index in [1.807, 2.05) is 19.2 Å². The minimum absolute atomic E-state index is 0.000539. The monoisotopic (exact) mass is 279 g/mol. The molecule has 0 aliphatic rings. The van der Waals surface area contributed by atoms with Crippen molar-refractivity contribution in [3.8, 4) is 0 Å². The van der Waals surface area contributed by atoms with Crippen LogP contribution in [0.3, 0.4) is 0 Å². The number of rotatable bonds is 6. The van der Waals surface area contributed by atoms with Crippen LogP contribution in [0.5, 0.6) is 0 Å². The van der Waals surface area contributed by atoms with Gasteiger partial charge in [0.1, 0.15) is 0 Å². The molecule has 5 nitrogen and oxygen atoms in total. The summed E-state index contributed by atoms with van der Waals surface area (Å²) in [5.74, 6) is 0. The molecule has 0 atom stereocenters. The third kappa shape index (κ3) is 3.50. The first kappa shape index (κ1) is 13.9. The lowest BCUT2D eigenvalue weighted by molar-refractivity contribution is 0.179. The second-order valence-electron chi connectivity index (χ2n) is 4.17.